The van der Waals surface area contributed by atoms with Crippen LogP contribution in [0.1, 0.15) is 51.6 Å². The number of hydrogen-bond donors (Lipinski definition) is 1. The molecule has 0 aliphatic rings. The first-order valence-corrected chi connectivity index (χ1v) is 7.77. The van der Waals surface area contributed by atoms with E-state index < -0.39 is 0 Å². The fraction of sp³-hybridized carbons (Fsp3) is 0.647. The second-order valence-corrected chi connectivity index (χ2v) is 5.24. The van der Waals surface area contributed by atoms with Crippen molar-refractivity contribution in [1.82, 2.24) is 5.32 Å². The van der Waals surface area contributed by atoms with Gasteiger partial charge < -0.3 is 14.8 Å². The first-order chi connectivity index (χ1) is 10.1. The molecule has 0 aliphatic carbocycles. The first-order valence-electron chi connectivity index (χ1n) is 7.77. The first kappa shape index (κ1) is 17.8. The molecule has 0 fully saturated rings. The molecule has 0 heterocycles. The number of nitrogens with one attached hydrogen (secondary N) is 1. The third-order valence-corrected chi connectivity index (χ3v) is 3.97. The summed E-state index contributed by atoms with van der Waals surface area (Å²) in [6.45, 7) is 7.28. The maximum absolute atomic E-state index is 14.5. The molecule has 1 rings (SSSR count). The van der Waals surface area contributed by atoms with E-state index in [-0.39, 0.29) is 11.9 Å². The van der Waals surface area contributed by atoms with Gasteiger partial charge in [0.2, 0.25) is 0 Å². The molecule has 0 saturated heterocycles. The van der Waals surface area contributed by atoms with Crippen LogP contribution in [0.2, 0.25) is 0 Å². The fourth-order valence-corrected chi connectivity index (χ4v) is 2.70. The van der Waals surface area contributed by atoms with Crippen LogP contribution in [0, 0.1) is 11.7 Å². The van der Waals surface area contributed by atoms with Crippen LogP contribution in [0.15, 0.2) is 12.1 Å². The van der Waals surface area contributed by atoms with Gasteiger partial charge in [0.05, 0.1) is 14.2 Å². The summed E-state index contributed by atoms with van der Waals surface area (Å²) in [4.78, 5) is 0. The summed E-state index contributed by atoms with van der Waals surface area (Å²) in [5.74, 6) is 1.15. The van der Waals surface area contributed by atoms with Gasteiger partial charge in [-0.15, -0.1) is 0 Å². The minimum Gasteiger partial charge on any atom is -0.493 e. The molecular weight excluding hydrogens is 269 g/mol. The molecule has 120 valence electrons. The van der Waals surface area contributed by atoms with Crippen LogP contribution in [-0.2, 0) is 0 Å². The van der Waals surface area contributed by atoms with Crippen LogP contribution >= 0.6 is 0 Å². The third kappa shape index (κ3) is 4.34. The van der Waals surface area contributed by atoms with E-state index in [9.17, 15) is 4.39 Å². The predicted molar refractivity (Wildman–Crippen MR) is 84.6 cm³/mol. The molecule has 0 aliphatic heterocycles. The van der Waals surface area contributed by atoms with Crippen LogP contribution in [0.4, 0.5) is 4.39 Å². The van der Waals surface area contributed by atoms with Gasteiger partial charge in [-0.25, -0.2) is 4.39 Å². The smallest absolute Gasteiger partial charge is 0.163 e. The highest BCUT2D eigenvalue weighted by Gasteiger charge is 2.24. The highest BCUT2D eigenvalue weighted by atomic mass is 19.1. The summed E-state index contributed by atoms with van der Waals surface area (Å²) in [6, 6.07) is 3.18. The Kier molecular flexibility index (Phi) is 7.51. The van der Waals surface area contributed by atoms with E-state index in [1.54, 1.807) is 13.2 Å². The molecule has 0 saturated carbocycles. The summed E-state index contributed by atoms with van der Waals surface area (Å²) in [6.07, 6.45) is 3.03. The molecule has 21 heavy (non-hydrogen) atoms. The molecule has 1 N–H and O–H groups in total. The Bertz CT molecular complexity index is 433. The second-order valence-electron chi connectivity index (χ2n) is 5.24. The van der Waals surface area contributed by atoms with Gasteiger partial charge in [-0.2, -0.15) is 0 Å². The zero-order valence-corrected chi connectivity index (χ0v) is 13.8. The summed E-state index contributed by atoms with van der Waals surface area (Å²) >= 11 is 0. The summed E-state index contributed by atoms with van der Waals surface area (Å²) in [5.41, 5.74) is 0.662. The van der Waals surface area contributed by atoms with Crippen LogP contribution in [0.3, 0.4) is 0 Å². The van der Waals surface area contributed by atoms with Gasteiger partial charge in [0.1, 0.15) is 5.82 Å². The van der Waals surface area contributed by atoms with Crippen molar-refractivity contribution in [2.24, 2.45) is 5.92 Å². The van der Waals surface area contributed by atoms with Crippen molar-refractivity contribution in [2.75, 3.05) is 20.8 Å². The summed E-state index contributed by atoms with van der Waals surface area (Å²) in [7, 11) is 3.09. The van der Waals surface area contributed by atoms with E-state index in [1.807, 2.05) is 0 Å². The van der Waals surface area contributed by atoms with Gasteiger partial charge in [-0.3, -0.25) is 0 Å². The normalized spacial score (nSPS) is 12.5. The summed E-state index contributed by atoms with van der Waals surface area (Å²) in [5, 5.41) is 3.48. The SMILES string of the molecule is CCCNC(c1cc(OC)c(OC)cc1F)C(CC)CC. The molecular formula is C17H28FNO2. The number of methoxy groups -OCH3 is 2. The number of hydrogen-bond acceptors (Lipinski definition) is 3. The van der Waals surface area contributed by atoms with Crippen LogP contribution < -0.4 is 14.8 Å². The monoisotopic (exact) mass is 297 g/mol. The van der Waals surface area contributed by atoms with Gasteiger partial charge >= 0.3 is 0 Å². The Hall–Kier alpha value is -1.29. The van der Waals surface area contributed by atoms with Crippen molar-refractivity contribution in [1.29, 1.82) is 0 Å². The molecule has 3 nitrogen and oxygen atoms in total. The van der Waals surface area contributed by atoms with Crippen LogP contribution in [0.5, 0.6) is 11.5 Å². The molecule has 1 aromatic rings. The molecule has 0 spiro atoms. The second kappa shape index (κ2) is 8.88. The van der Waals surface area contributed by atoms with E-state index in [1.165, 1.54) is 13.2 Å². The average Bonchev–Trinajstić information content (AvgIpc) is 2.51. The lowest BCUT2D eigenvalue weighted by Gasteiger charge is -2.28. The Labute approximate surface area is 127 Å². The van der Waals surface area contributed by atoms with Crippen LogP contribution in [0.25, 0.3) is 0 Å². The van der Waals surface area contributed by atoms with Crippen molar-refractivity contribution < 1.29 is 13.9 Å². The van der Waals surface area contributed by atoms with Crippen molar-refractivity contribution in [3.63, 3.8) is 0 Å². The Morgan fingerprint density at radius 1 is 1.05 bits per heavy atom. The topological polar surface area (TPSA) is 30.5 Å². The summed E-state index contributed by atoms with van der Waals surface area (Å²) < 4.78 is 25.0. The van der Waals surface area contributed by atoms with Crippen molar-refractivity contribution in [3.05, 3.63) is 23.5 Å². The van der Waals surface area contributed by atoms with E-state index >= 15 is 0 Å². The molecule has 1 unspecified atom stereocenters. The molecule has 0 aromatic heterocycles. The Morgan fingerprint density at radius 3 is 2.10 bits per heavy atom. The zero-order chi connectivity index (χ0) is 15.8. The number of ether oxygens (including phenoxy) is 2. The minimum atomic E-state index is -0.242. The Morgan fingerprint density at radius 2 is 1.62 bits per heavy atom. The number of halogens is 1. The number of rotatable bonds is 9. The van der Waals surface area contributed by atoms with E-state index in [0.29, 0.717) is 23.0 Å². The minimum absolute atomic E-state index is 0.000226. The van der Waals surface area contributed by atoms with Crippen molar-refractivity contribution in [2.45, 2.75) is 46.1 Å². The van der Waals surface area contributed by atoms with Crippen LogP contribution in [-0.4, -0.2) is 20.8 Å². The zero-order valence-electron chi connectivity index (χ0n) is 13.8. The lowest BCUT2D eigenvalue weighted by Crippen LogP contribution is -2.29. The number of benzene rings is 1. The maximum atomic E-state index is 14.5. The van der Waals surface area contributed by atoms with E-state index in [4.69, 9.17) is 9.47 Å². The molecule has 1 atom stereocenters. The maximum Gasteiger partial charge on any atom is 0.163 e. The van der Waals surface area contributed by atoms with Crippen molar-refractivity contribution in [3.8, 4) is 11.5 Å². The lowest BCUT2D eigenvalue weighted by molar-refractivity contribution is 0.324. The quantitative estimate of drug-likeness (QED) is 0.736. The highest BCUT2D eigenvalue weighted by Crippen LogP contribution is 2.36. The fourth-order valence-electron chi connectivity index (χ4n) is 2.70. The van der Waals surface area contributed by atoms with Gasteiger partial charge in [0, 0.05) is 17.7 Å². The van der Waals surface area contributed by atoms with E-state index in [0.717, 1.165) is 25.8 Å². The Balaban J connectivity index is 3.22. The molecule has 0 radical (unpaired) electrons. The van der Waals surface area contributed by atoms with Gasteiger partial charge in [-0.05, 0) is 24.9 Å². The molecule has 1 aromatic carbocycles. The van der Waals surface area contributed by atoms with Gasteiger partial charge in [0.15, 0.2) is 11.5 Å². The van der Waals surface area contributed by atoms with Gasteiger partial charge in [0.25, 0.3) is 0 Å². The molecule has 4 heteroatoms. The average molecular weight is 297 g/mol. The van der Waals surface area contributed by atoms with E-state index in [2.05, 4.69) is 26.1 Å². The van der Waals surface area contributed by atoms with Gasteiger partial charge in [-0.1, -0.05) is 33.6 Å². The molecule has 0 bridgehead atoms. The molecule has 0 amide bonds. The lowest BCUT2D eigenvalue weighted by atomic mass is 9.88. The van der Waals surface area contributed by atoms with Crippen molar-refractivity contribution >= 4 is 0 Å². The highest BCUT2D eigenvalue weighted by molar-refractivity contribution is 5.44. The standard InChI is InChI=1S/C17H28FNO2/c1-6-9-19-17(12(7-2)8-3)13-10-15(20-4)16(21-5)11-14(13)18/h10-12,17,19H,6-9H2,1-5H3. The largest absolute Gasteiger partial charge is 0.493 e. The third-order valence-electron chi connectivity index (χ3n) is 3.97. The predicted octanol–water partition coefficient (Wildman–Crippen LogP) is 4.32.